The van der Waals surface area contributed by atoms with Crippen molar-refractivity contribution in [3.63, 3.8) is 0 Å². The molecule has 108 valence electrons. The van der Waals surface area contributed by atoms with E-state index in [1.54, 1.807) is 18.2 Å². The van der Waals surface area contributed by atoms with E-state index in [0.717, 1.165) is 10.0 Å². The average Bonchev–Trinajstić information content (AvgIpc) is 2.87. The van der Waals surface area contributed by atoms with Crippen molar-refractivity contribution in [2.75, 3.05) is 0 Å². The number of fused-ring (bicyclic) bond motifs is 1. The fraction of sp³-hybridized carbons (Fsp3) is 0.154. The van der Waals surface area contributed by atoms with Crippen LogP contribution in [0.1, 0.15) is 6.92 Å². The highest BCUT2D eigenvalue weighted by Crippen LogP contribution is 2.28. The minimum absolute atomic E-state index is 0.275. The monoisotopic (exact) mass is 368 g/mol. The summed E-state index contributed by atoms with van der Waals surface area (Å²) >= 11 is 9.31. The Hall–Kier alpha value is -1.86. The molecule has 0 saturated carbocycles. The van der Waals surface area contributed by atoms with E-state index in [-0.39, 0.29) is 5.52 Å². The first-order valence-electron chi connectivity index (χ1n) is 6.19. The number of aromatic amines is 2. The number of nitrogens with zero attached hydrogens (tertiary/aromatic N) is 2. The Bertz CT molecular complexity index is 957. The first-order valence-corrected chi connectivity index (χ1v) is 7.36. The Labute approximate surface area is 131 Å². The maximum absolute atomic E-state index is 11.9. The number of rotatable bonds is 2. The van der Waals surface area contributed by atoms with E-state index in [1.165, 1.54) is 4.57 Å². The highest BCUT2D eigenvalue weighted by atomic mass is 79.9. The molecule has 0 unspecified atom stereocenters. The van der Waals surface area contributed by atoms with Gasteiger partial charge in [-0.2, -0.15) is 0 Å². The number of halogens is 2. The van der Waals surface area contributed by atoms with Crippen molar-refractivity contribution < 1.29 is 0 Å². The fourth-order valence-corrected chi connectivity index (χ4v) is 2.61. The quantitative estimate of drug-likeness (QED) is 0.728. The van der Waals surface area contributed by atoms with Crippen LogP contribution >= 0.6 is 27.5 Å². The summed E-state index contributed by atoms with van der Waals surface area (Å²) in [6, 6.07) is 5.31. The molecular formula is C13H10BrClN4O2. The molecule has 0 radical (unpaired) electrons. The van der Waals surface area contributed by atoms with Crippen LogP contribution in [0.3, 0.4) is 0 Å². The Balaban J connectivity index is 2.30. The molecule has 3 rings (SSSR count). The molecule has 2 heterocycles. The lowest BCUT2D eigenvalue weighted by atomic mass is 10.2. The molecule has 0 atom stereocenters. The van der Waals surface area contributed by atoms with E-state index in [9.17, 15) is 9.59 Å². The number of imidazole rings is 1. The molecule has 0 saturated heterocycles. The number of H-pyrrole nitrogens is 2. The van der Waals surface area contributed by atoms with Gasteiger partial charge in [0.25, 0.3) is 5.56 Å². The second kappa shape index (κ2) is 5.16. The molecule has 3 aromatic rings. The molecule has 2 N–H and O–H groups in total. The van der Waals surface area contributed by atoms with Gasteiger partial charge in [0.2, 0.25) is 0 Å². The lowest BCUT2D eigenvalue weighted by molar-refractivity contribution is 0.720. The van der Waals surface area contributed by atoms with Crippen molar-refractivity contribution in [3.8, 4) is 11.4 Å². The Morgan fingerprint density at radius 1 is 1.33 bits per heavy atom. The van der Waals surface area contributed by atoms with Crippen molar-refractivity contribution in [2.45, 2.75) is 13.5 Å². The molecule has 0 spiro atoms. The zero-order chi connectivity index (χ0) is 15.1. The molecular weight excluding hydrogens is 360 g/mol. The molecule has 0 aliphatic heterocycles. The second-order valence-electron chi connectivity index (χ2n) is 4.42. The van der Waals surface area contributed by atoms with Crippen LogP contribution in [0.25, 0.3) is 22.6 Å². The molecule has 2 aromatic heterocycles. The first kappa shape index (κ1) is 14.1. The van der Waals surface area contributed by atoms with E-state index >= 15 is 0 Å². The van der Waals surface area contributed by atoms with Gasteiger partial charge >= 0.3 is 5.69 Å². The molecule has 0 aliphatic rings. The van der Waals surface area contributed by atoms with Gasteiger partial charge in [0.15, 0.2) is 5.65 Å². The Kier molecular flexibility index (Phi) is 3.46. The Morgan fingerprint density at radius 3 is 2.76 bits per heavy atom. The number of hydrogen-bond donors (Lipinski definition) is 2. The van der Waals surface area contributed by atoms with Gasteiger partial charge in [0, 0.05) is 16.6 Å². The van der Waals surface area contributed by atoms with Crippen LogP contribution in [0.5, 0.6) is 0 Å². The molecule has 8 heteroatoms. The summed E-state index contributed by atoms with van der Waals surface area (Å²) < 4.78 is 2.13. The van der Waals surface area contributed by atoms with Crippen LogP contribution in [-0.4, -0.2) is 19.5 Å². The van der Waals surface area contributed by atoms with Crippen LogP contribution in [0.2, 0.25) is 5.02 Å². The van der Waals surface area contributed by atoms with Gasteiger partial charge in [-0.15, -0.1) is 0 Å². The van der Waals surface area contributed by atoms with Gasteiger partial charge in [-0.25, -0.2) is 9.78 Å². The molecule has 0 aliphatic carbocycles. The van der Waals surface area contributed by atoms with E-state index in [2.05, 4.69) is 30.9 Å². The van der Waals surface area contributed by atoms with E-state index in [4.69, 9.17) is 11.6 Å². The maximum Gasteiger partial charge on any atom is 0.330 e. The lowest BCUT2D eigenvalue weighted by Gasteiger charge is -2.00. The number of hydrogen-bond acceptors (Lipinski definition) is 3. The zero-order valence-corrected chi connectivity index (χ0v) is 13.2. The summed E-state index contributed by atoms with van der Waals surface area (Å²) in [5.74, 6) is 0.501. The summed E-state index contributed by atoms with van der Waals surface area (Å²) in [6.07, 6.45) is 0. The molecule has 6 nitrogen and oxygen atoms in total. The summed E-state index contributed by atoms with van der Waals surface area (Å²) in [5.41, 5.74) is 0.429. The standard InChI is InChI=1S/C13H10BrClN4O2/c1-2-19-11-9(12(20)18-13(19)21)16-10(17-11)6-3-4-8(15)7(14)5-6/h3-5H,2H2,1H3,(H,16,17)(H,18,20,21). The fourth-order valence-electron chi connectivity index (χ4n) is 2.11. The predicted octanol–water partition coefficient (Wildman–Crippen LogP) is 2.52. The van der Waals surface area contributed by atoms with Crippen LogP contribution in [0.15, 0.2) is 32.3 Å². The smallest absolute Gasteiger partial charge is 0.330 e. The van der Waals surface area contributed by atoms with E-state index < -0.39 is 11.2 Å². The van der Waals surface area contributed by atoms with Gasteiger partial charge in [0.1, 0.15) is 11.3 Å². The molecule has 0 bridgehead atoms. The highest BCUT2D eigenvalue weighted by molar-refractivity contribution is 9.10. The van der Waals surface area contributed by atoms with Crippen LogP contribution in [0, 0.1) is 0 Å². The van der Waals surface area contributed by atoms with Gasteiger partial charge in [-0.1, -0.05) is 11.6 Å². The van der Waals surface area contributed by atoms with Gasteiger partial charge < -0.3 is 4.98 Å². The minimum Gasteiger partial charge on any atom is -0.332 e. The van der Waals surface area contributed by atoms with Gasteiger partial charge in [-0.3, -0.25) is 14.3 Å². The second-order valence-corrected chi connectivity index (χ2v) is 5.68. The third-order valence-electron chi connectivity index (χ3n) is 3.14. The SMILES string of the molecule is CCn1c(=O)[nH]c(=O)c2[nH]c(-c3ccc(Cl)c(Br)c3)nc21. The summed E-state index contributed by atoms with van der Waals surface area (Å²) in [6.45, 7) is 2.23. The summed E-state index contributed by atoms with van der Waals surface area (Å²) in [4.78, 5) is 33.2. The van der Waals surface area contributed by atoms with E-state index in [1.807, 2.05) is 6.92 Å². The first-order chi connectivity index (χ1) is 10.0. The van der Waals surface area contributed by atoms with E-state index in [0.29, 0.717) is 23.0 Å². The number of aromatic nitrogens is 4. The van der Waals surface area contributed by atoms with Gasteiger partial charge in [-0.05, 0) is 41.1 Å². The topological polar surface area (TPSA) is 83.5 Å². The summed E-state index contributed by atoms with van der Waals surface area (Å²) in [7, 11) is 0. The number of benzene rings is 1. The van der Waals surface area contributed by atoms with Crippen molar-refractivity contribution in [1.82, 2.24) is 19.5 Å². The zero-order valence-electron chi connectivity index (χ0n) is 10.9. The number of nitrogens with one attached hydrogen (secondary N) is 2. The molecule has 1 aromatic carbocycles. The largest absolute Gasteiger partial charge is 0.332 e. The van der Waals surface area contributed by atoms with Crippen molar-refractivity contribution in [3.05, 3.63) is 48.5 Å². The average molecular weight is 370 g/mol. The van der Waals surface area contributed by atoms with Crippen molar-refractivity contribution in [1.29, 1.82) is 0 Å². The Morgan fingerprint density at radius 2 is 2.10 bits per heavy atom. The molecule has 0 amide bonds. The summed E-state index contributed by atoms with van der Waals surface area (Å²) in [5, 5.41) is 0.582. The minimum atomic E-state index is -0.480. The third-order valence-corrected chi connectivity index (χ3v) is 4.36. The van der Waals surface area contributed by atoms with Gasteiger partial charge in [0.05, 0.1) is 5.02 Å². The number of aryl methyl sites for hydroxylation is 1. The van der Waals surface area contributed by atoms with Crippen molar-refractivity contribution >= 4 is 38.7 Å². The van der Waals surface area contributed by atoms with Crippen LogP contribution in [-0.2, 0) is 6.54 Å². The molecule has 21 heavy (non-hydrogen) atoms. The predicted molar refractivity (Wildman–Crippen MR) is 84.8 cm³/mol. The lowest BCUT2D eigenvalue weighted by Crippen LogP contribution is -2.29. The van der Waals surface area contributed by atoms with Crippen LogP contribution in [0.4, 0.5) is 0 Å². The third kappa shape index (κ3) is 2.32. The highest BCUT2D eigenvalue weighted by Gasteiger charge is 2.13. The van der Waals surface area contributed by atoms with Crippen LogP contribution < -0.4 is 11.2 Å². The maximum atomic E-state index is 11.9. The normalized spacial score (nSPS) is 11.2. The molecule has 0 fully saturated rings. The van der Waals surface area contributed by atoms with Crippen molar-refractivity contribution in [2.24, 2.45) is 0 Å².